The second-order valence-corrected chi connectivity index (χ2v) is 8.43. The van der Waals surface area contributed by atoms with Crippen LogP contribution < -0.4 is 5.73 Å². The van der Waals surface area contributed by atoms with Crippen LogP contribution in [0.2, 0.25) is 5.02 Å². The van der Waals surface area contributed by atoms with Crippen LogP contribution in [0, 0.1) is 0 Å². The van der Waals surface area contributed by atoms with Crippen LogP contribution in [-0.4, -0.2) is 49.7 Å². The van der Waals surface area contributed by atoms with E-state index in [2.05, 4.69) is 0 Å². The third-order valence-electron chi connectivity index (χ3n) is 4.41. The highest BCUT2D eigenvalue weighted by Crippen LogP contribution is 2.20. The van der Waals surface area contributed by atoms with Gasteiger partial charge in [0.25, 0.3) is 5.91 Å². The van der Waals surface area contributed by atoms with E-state index in [-0.39, 0.29) is 36.3 Å². The van der Waals surface area contributed by atoms with Gasteiger partial charge < -0.3 is 10.6 Å². The largest absolute Gasteiger partial charge is 0.336 e. The number of carbonyl (C=O) groups is 1. The lowest BCUT2D eigenvalue weighted by Crippen LogP contribution is -2.50. The van der Waals surface area contributed by atoms with E-state index >= 15 is 0 Å². The van der Waals surface area contributed by atoms with Crippen LogP contribution in [-0.2, 0) is 16.6 Å². The number of halogens is 2. The lowest BCUT2D eigenvalue weighted by molar-refractivity contribution is 0.0698. The Balaban J connectivity index is 0.00000261. The van der Waals surface area contributed by atoms with Crippen LogP contribution in [0.3, 0.4) is 0 Å². The molecule has 2 N–H and O–H groups in total. The maximum Gasteiger partial charge on any atom is 0.253 e. The summed E-state index contributed by atoms with van der Waals surface area (Å²) in [7, 11) is -3.58. The molecule has 0 saturated carbocycles. The van der Waals surface area contributed by atoms with E-state index in [1.807, 2.05) is 12.1 Å². The zero-order chi connectivity index (χ0) is 18.7. The quantitative estimate of drug-likeness (QED) is 0.808. The number of rotatable bonds is 4. The van der Waals surface area contributed by atoms with Gasteiger partial charge in [0, 0.05) is 43.3 Å². The summed E-state index contributed by atoms with van der Waals surface area (Å²) in [5.74, 6) is -0.0999. The third-order valence-corrected chi connectivity index (χ3v) is 6.58. The Morgan fingerprint density at radius 2 is 1.52 bits per heavy atom. The molecular weight excluding hydrogens is 409 g/mol. The molecule has 0 bridgehead atoms. The summed E-state index contributed by atoms with van der Waals surface area (Å²) in [6, 6.07) is 13.3. The molecular formula is C18H21Cl2N3O3S. The van der Waals surface area contributed by atoms with E-state index in [0.717, 1.165) is 5.56 Å². The minimum absolute atomic E-state index is 0. The number of nitrogens with zero attached hydrogens (tertiary/aromatic N) is 2. The number of hydrogen-bond acceptors (Lipinski definition) is 4. The average molecular weight is 430 g/mol. The van der Waals surface area contributed by atoms with Crippen molar-refractivity contribution in [1.82, 2.24) is 9.21 Å². The number of nitrogens with two attached hydrogens (primary N) is 1. The first-order chi connectivity index (χ1) is 12.4. The van der Waals surface area contributed by atoms with Gasteiger partial charge in [-0.3, -0.25) is 4.79 Å². The Kier molecular flexibility index (Phi) is 7.25. The maximum absolute atomic E-state index is 12.7. The van der Waals surface area contributed by atoms with Gasteiger partial charge >= 0.3 is 0 Å². The van der Waals surface area contributed by atoms with Gasteiger partial charge in [0.05, 0.1) is 4.90 Å². The van der Waals surface area contributed by atoms with Gasteiger partial charge in [-0.2, -0.15) is 4.31 Å². The molecule has 1 fully saturated rings. The molecule has 146 valence electrons. The smallest absolute Gasteiger partial charge is 0.253 e. The third kappa shape index (κ3) is 4.80. The minimum Gasteiger partial charge on any atom is -0.336 e. The van der Waals surface area contributed by atoms with Crippen LogP contribution in [0.1, 0.15) is 15.9 Å². The average Bonchev–Trinajstić information content (AvgIpc) is 2.68. The molecule has 0 aliphatic carbocycles. The standard InChI is InChI=1S/C18H20ClN3O3S.ClH/c19-16-5-7-17(8-6-16)26(24,25)22-11-9-21(10-12-22)18(23)15-3-1-14(13-20)2-4-15;/h1-8H,9-13,20H2;1H. The summed E-state index contributed by atoms with van der Waals surface area (Å²) in [6.07, 6.45) is 0. The molecule has 1 aliphatic heterocycles. The van der Waals surface area contributed by atoms with Crippen molar-refractivity contribution in [3.05, 3.63) is 64.7 Å². The van der Waals surface area contributed by atoms with Crippen molar-refractivity contribution in [1.29, 1.82) is 0 Å². The van der Waals surface area contributed by atoms with Gasteiger partial charge in [0.1, 0.15) is 0 Å². The highest BCUT2D eigenvalue weighted by Gasteiger charge is 2.30. The van der Waals surface area contributed by atoms with Crippen LogP contribution in [0.15, 0.2) is 53.4 Å². The molecule has 2 aromatic carbocycles. The molecule has 6 nitrogen and oxygen atoms in total. The van der Waals surface area contributed by atoms with Crippen molar-refractivity contribution in [2.45, 2.75) is 11.4 Å². The summed E-state index contributed by atoms with van der Waals surface area (Å²) in [4.78, 5) is 14.5. The van der Waals surface area contributed by atoms with E-state index in [0.29, 0.717) is 30.2 Å². The fourth-order valence-corrected chi connectivity index (χ4v) is 4.40. The molecule has 0 aromatic heterocycles. The van der Waals surface area contributed by atoms with Gasteiger partial charge in [-0.1, -0.05) is 23.7 Å². The molecule has 2 aromatic rings. The van der Waals surface area contributed by atoms with Gasteiger partial charge in [0.15, 0.2) is 0 Å². The monoisotopic (exact) mass is 429 g/mol. The molecule has 0 atom stereocenters. The van der Waals surface area contributed by atoms with E-state index < -0.39 is 10.0 Å². The first kappa shape index (κ1) is 21.7. The predicted octanol–water partition coefficient (Wildman–Crippen LogP) is 2.37. The molecule has 0 unspecified atom stereocenters. The SMILES string of the molecule is Cl.NCc1ccc(C(=O)N2CCN(S(=O)(=O)c3ccc(Cl)cc3)CC2)cc1. The first-order valence-corrected chi connectivity index (χ1v) is 10.1. The molecule has 1 heterocycles. The van der Waals surface area contributed by atoms with Gasteiger partial charge in [0.2, 0.25) is 10.0 Å². The second-order valence-electron chi connectivity index (χ2n) is 6.05. The minimum atomic E-state index is -3.58. The van der Waals surface area contributed by atoms with Gasteiger partial charge in [-0.05, 0) is 42.0 Å². The molecule has 1 saturated heterocycles. The Bertz CT molecular complexity index is 879. The Labute approximate surface area is 170 Å². The summed E-state index contributed by atoms with van der Waals surface area (Å²) >= 11 is 5.82. The maximum atomic E-state index is 12.7. The van der Waals surface area contributed by atoms with Gasteiger partial charge in [-0.15, -0.1) is 12.4 Å². The fourth-order valence-electron chi connectivity index (χ4n) is 2.85. The van der Waals surface area contributed by atoms with E-state index in [9.17, 15) is 13.2 Å². The Morgan fingerprint density at radius 3 is 2.04 bits per heavy atom. The Hall–Kier alpha value is -1.64. The van der Waals surface area contributed by atoms with E-state index in [1.54, 1.807) is 29.2 Å². The first-order valence-electron chi connectivity index (χ1n) is 8.26. The van der Waals surface area contributed by atoms with Crippen molar-refractivity contribution in [2.24, 2.45) is 5.73 Å². The highest BCUT2D eigenvalue weighted by atomic mass is 35.5. The lowest BCUT2D eigenvalue weighted by atomic mass is 10.1. The van der Waals surface area contributed by atoms with E-state index in [1.165, 1.54) is 16.4 Å². The zero-order valence-corrected chi connectivity index (χ0v) is 16.9. The van der Waals surface area contributed by atoms with E-state index in [4.69, 9.17) is 17.3 Å². The summed E-state index contributed by atoms with van der Waals surface area (Å²) in [6.45, 7) is 1.65. The number of sulfonamides is 1. The van der Waals surface area contributed by atoms with Crippen LogP contribution in [0.5, 0.6) is 0 Å². The number of hydrogen-bond donors (Lipinski definition) is 1. The lowest BCUT2D eigenvalue weighted by Gasteiger charge is -2.34. The highest BCUT2D eigenvalue weighted by molar-refractivity contribution is 7.89. The van der Waals surface area contributed by atoms with Gasteiger partial charge in [-0.25, -0.2) is 8.42 Å². The number of carbonyl (C=O) groups excluding carboxylic acids is 1. The van der Waals surface area contributed by atoms with Crippen molar-refractivity contribution in [2.75, 3.05) is 26.2 Å². The fraction of sp³-hybridized carbons (Fsp3) is 0.278. The van der Waals surface area contributed by atoms with Crippen LogP contribution in [0.25, 0.3) is 0 Å². The van der Waals surface area contributed by atoms with Crippen molar-refractivity contribution < 1.29 is 13.2 Å². The van der Waals surface area contributed by atoms with Crippen molar-refractivity contribution in [3.8, 4) is 0 Å². The molecule has 1 amide bonds. The number of piperazine rings is 1. The molecule has 0 spiro atoms. The van der Waals surface area contributed by atoms with Crippen LogP contribution >= 0.6 is 24.0 Å². The normalized spacial score (nSPS) is 15.3. The summed E-state index contributed by atoms with van der Waals surface area (Å²) in [5, 5.41) is 0.486. The summed E-state index contributed by atoms with van der Waals surface area (Å²) in [5.41, 5.74) is 7.10. The van der Waals surface area contributed by atoms with Crippen LogP contribution in [0.4, 0.5) is 0 Å². The zero-order valence-electron chi connectivity index (χ0n) is 14.5. The Morgan fingerprint density at radius 1 is 0.963 bits per heavy atom. The number of benzene rings is 2. The predicted molar refractivity (Wildman–Crippen MR) is 108 cm³/mol. The molecule has 9 heteroatoms. The number of amides is 1. The topological polar surface area (TPSA) is 83.7 Å². The molecule has 3 rings (SSSR count). The molecule has 27 heavy (non-hydrogen) atoms. The second kappa shape index (κ2) is 9.03. The van der Waals surface area contributed by atoms with Crippen molar-refractivity contribution in [3.63, 3.8) is 0 Å². The molecule has 1 aliphatic rings. The molecule has 0 radical (unpaired) electrons. The van der Waals surface area contributed by atoms with Crippen molar-refractivity contribution >= 4 is 39.9 Å². The summed E-state index contributed by atoms with van der Waals surface area (Å²) < 4.78 is 26.8.